The smallest absolute Gasteiger partial charge is 0.270 e. The molecule has 1 rings (SSSR count). The normalized spacial score (nSPS) is 10.0. The van der Waals surface area contributed by atoms with E-state index in [1.165, 1.54) is 12.1 Å². The lowest BCUT2D eigenvalue weighted by atomic mass is 10.3. The third-order valence-electron chi connectivity index (χ3n) is 2.23. The number of nitrogens with one attached hydrogen (secondary N) is 2. The molecule has 2 N–H and O–H groups in total. The van der Waals surface area contributed by atoms with E-state index in [1.807, 2.05) is 22.6 Å². The van der Waals surface area contributed by atoms with E-state index in [0.29, 0.717) is 22.4 Å². The van der Waals surface area contributed by atoms with Gasteiger partial charge in [0.05, 0.1) is 18.1 Å². The second kappa shape index (κ2) is 7.89. The SMILES string of the molecule is COCCNC(=O)CNc1ccc([N+](=O)[O-])cc1I. The third-order valence-corrected chi connectivity index (χ3v) is 3.12. The van der Waals surface area contributed by atoms with Crippen LogP contribution in [0.15, 0.2) is 18.2 Å². The number of benzene rings is 1. The van der Waals surface area contributed by atoms with Crippen LogP contribution in [-0.4, -0.2) is 37.6 Å². The highest BCUT2D eigenvalue weighted by molar-refractivity contribution is 14.1. The maximum atomic E-state index is 11.4. The van der Waals surface area contributed by atoms with Crippen LogP contribution in [0.3, 0.4) is 0 Å². The minimum Gasteiger partial charge on any atom is -0.383 e. The number of hydrogen-bond donors (Lipinski definition) is 2. The first-order chi connectivity index (χ1) is 9.04. The number of nitrogens with zero attached hydrogens (tertiary/aromatic N) is 1. The van der Waals surface area contributed by atoms with Crippen molar-refractivity contribution in [2.24, 2.45) is 0 Å². The Kier molecular flexibility index (Phi) is 6.50. The minimum atomic E-state index is -0.455. The van der Waals surface area contributed by atoms with Crippen molar-refractivity contribution in [3.8, 4) is 0 Å². The van der Waals surface area contributed by atoms with Crippen LogP contribution < -0.4 is 10.6 Å². The van der Waals surface area contributed by atoms with Crippen LogP contribution in [0.5, 0.6) is 0 Å². The van der Waals surface area contributed by atoms with Gasteiger partial charge in [-0.25, -0.2) is 0 Å². The molecule has 0 unspecified atom stereocenters. The molecule has 1 aromatic rings. The molecule has 8 heteroatoms. The molecule has 19 heavy (non-hydrogen) atoms. The van der Waals surface area contributed by atoms with Gasteiger partial charge in [-0.1, -0.05) is 0 Å². The highest BCUT2D eigenvalue weighted by Gasteiger charge is 2.09. The lowest BCUT2D eigenvalue weighted by molar-refractivity contribution is -0.384. The number of ether oxygens (including phenoxy) is 1. The Morgan fingerprint density at radius 2 is 2.26 bits per heavy atom. The summed E-state index contributed by atoms with van der Waals surface area (Å²) >= 11 is 1.98. The monoisotopic (exact) mass is 379 g/mol. The van der Waals surface area contributed by atoms with Crippen molar-refractivity contribution < 1.29 is 14.5 Å². The van der Waals surface area contributed by atoms with Gasteiger partial charge in [0, 0.05) is 35.0 Å². The molecule has 0 saturated carbocycles. The molecule has 1 amide bonds. The van der Waals surface area contributed by atoms with Crippen LogP contribution in [0.25, 0.3) is 0 Å². The zero-order valence-corrected chi connectivity index (χ0v) is 12.5. The second-order valence-corrected chi connectivity index (χ2v) is 4.78. The van der Waals surface area contributed by atoms with Gasteiger partial charge in [-0.05, 0) is 28.7 Å². The molecule has 0 aliphatic heterocycles. The van der Waals surface area contributed by atoms with Crippen molar-refractivity contribution in [2.45, 2.75) is 0 Å². The Morgan fingerprint density at radius 1 is 1.53 bits per heavy atom. The topological polar surface area (TPSA) is 93.5 Å². The molecule has 0 atom stereocenters. The lowest BCUT2D eigenvalue weighted by Crippen LogP contribution is -2.32. The van der Waals surface area contributed by atoms with Crippen molar-refractivity contribution in [3.05, 3.63) is 31.9 Å². The van der Waals surface area contributed by atoms with E-state index in [2.05, 4.69) is 10.6 Å². The van der Waals surface area contributed by atoms with E-state index in [-0.39, 0.29) is 18.1 Å². The quantitative estimate of drug-likeness (QED) is 0.323. The number of rotatable bonds is 7. The average Bonchev–Trinajstić information content (AvgIpc) is 2.37. The predicted octanol–water partition coefficient (Wildman–Crippen LogP) is 1.37. The first-order valence-electron chi connectivity index (χ1n) is 5.48. The van der Waals surface area contributed by atoms with Gasteiger partial charge < -0.3 is 15.4 Å². The average molecular weight is 379 g/mol. The summed E-state index contributed by atoms with van der Waals surface area (Å²) in [7, 11) is 1.56. The van der Waals surface area contributed by atoms with Crippen molar-refractivity contribution in [1.82, 2.24) is 5.32 Å². The number of hydrogen-bond acceptors (Lipinski definition) is 5. The zero-order valence-electron chi connectivity index (χ0n) is 10.3. The number of non-ortho nitro benzene ring substituents is 1. The molecule has 0 radical (unpaired) electrons. The summed E-state index contributed by atoms with van der Waals surface area (Å²) in [5, 5.41) is 16.2. The van der Waals surface area contributed by atoms with Gasteiger partial charge >= 0.3 is 0 Å². The molecule has 0 heterocycles. The first kappa shape index (κ1) is 15.6. The number of halogens is 1. The van der Waals surface area contributed by atoms with E-state index < -0.39 is 4.92 Å². The molecule has 0 aliphatic rings. The third kappa shape index (κ3) is 5.39. The summed E-state index contributed by atoms with van der Waals surface area (Å²) in [4.78, 5) is 21.6. The number of nitro groups is 1. The fourth-order valence-corrected chi connectivity index (χ4v) is 1.98. The molecular formula is C11H14IN3O4. The Balaban J connectivity index is 2.49. The van der Waals surface area contributed by atoms with Crippen LogP contribution in [0.4, 0.5) is 11.4 Å². The molecule has 104 valence electrons. The molecule has 0 saturated heterocycles. The number of methoxy groups -OCH3 is 1. The number of carbonyl (C=O) groups excluding carboxylic acids is 1. The van der Waals surface area contributed by atoms with Gasteiger partial charge in [0.2, 0.25) is 5.91 Å². The van der Waals surface area contributed by atoms with Crippen molar-refractivity contribution in [2.75, 3.05) is 32.1 Å². The highest BCUT2D eigenvalue weighted by atomic mass is 127. The Hall–Kier alpha value is -1.42. The van der Waals surface area contributed by atoms with Crippen LogP contribution in [0.2, 0.25) is 0 Å². The molecule has 0 bridgehead atoms. The van der Waals surface area contributed by atoms with Gasteiger partial charge in [-0.2, -0.15) is 0 Å². The zero-order chi connectivity index (χ0) is 14.3. The first-order valence-corrected chi connectivity index (χ1v) is 6.56. The Morgan fingerprint density at radius 3 is 2.84 bits per heavy atom. The Labute approximate surface area is 124 Å². The summed E-state index contributed by atoms with van der Waals surface area (Å²) in [6.07, 6.45) is 0. The molecule has 0 aliphatic carbocycles. The summed E-state index contributed by atoms with van der Waals surface area (Å²) < 4.78 is 5.50. The molecule has 0 spiro atoms. The van der Waals surface area contributed by atoms with Crippen LogP contribution in [0, 0.1) is 13.7 Å². The van der Waals surface area contributed by atoms with Crippen LogP contribution in [-0.2, 0) is 9.53 Å². The maximum absolute atomic E-state index is 11.4. The van der Waals surface area contributed by atoms with E-state index in [4.69, 9.17) is 4.74 Å². The summed E-state index contributed by atoms with van der Waals surface area (Å²) in [5.74, 6) is -0.161. The highest BCUT2D eigenvalue weighted by Crippen LogP contribution is 2.23. The van der Waals surface area contributed by atoms with Gasteiger partial charge in [0.15, 0.2) is 0 Å². The van der Waals surface area contributed by atoms with Crippen LogP contribution in [0.1, 0.15) is 0 Å². The Bertz CT molecular complexity index is 467. The van der Waals surface area contributed by atoms with Crippen molar-refractivity contribution >= 4 is 39.9 Å². The fourth-order valence-electron chi connectivity index (χ4n) is 1.29. The summed E-state index contributed by atoms with van der Waals surface area (Å²) in [6, 6.07) is 4.43. The molecule has 7 nitrogen and oxygen atoms in total. The van der Waals surface area contributed by atoms with E-state index in [9.17, 15) is 14.9 Å². The minimum absolute atomic E-state index is 0.0273. The molecule has 1 aromatic carbocycles. The van der Waals surface area contributed by atoms with Gasteiger partial charge in [0.1, 0.15) is 0 Å². The van der Waals surface area contributed by atoms with Crippen molar-refractivity contribution in [3.63, 3.8) is 0 Å². The van der Waals surface area contributed by atoms with E-state index >= 15 is 0 Å². The lowest BCUT2D eigenvalue weighted by Gasteiger charge is -2.09. The fraction of sp³-hybridized carbons (Fsp3) is 0.364. The van der Waals surface area contributed by atoms with Gasteiger partial charge in [-0.15, -0.1) is 0 Å². The largest absolute Gasteiger partial charge is 0.383 e. The van der Waals surface area contributed by atoms with E-state index in [1.54, 1.807) is 13.2 Å². The second-order valence-electron chi connectivity index (χ2n) is 3.62. The van der Waals surface area contributed by atoms with Crippen molar-refractivity contribution in [1.29, 1.82) is 0 Å². The summed E-state index contributed by atoms with van der Waals surface area (Å²) in [5.41, 5.74) is 0.715. The molecule has 0 aromatic heterocycles. The van der Waals surface area contributed by atoms with Gasteiger partial charge in [-0.3, -0.25) is 14.9 Å². The predicted molar refractivity (Wildman–Crippen MR) is 79.2 cm³/mol. The number of carbonyl (C=O) groups is 1. The number of nitro benzene ring substituents is 1. The van der Waals surface area contributed by atoms with Gasteiger partial charge in [0.25, 0.3) is 5.69 Å². The van der Waals surface area contributed by atoms with Crippen LogP contribution >= 0.6 is 22.6 Å². The summed E-state index contributed by atoms with van der Waals surface area (Å²) in [6.45, 7) is 1.02. The van der Waals surface area contributed by atoms with E-state index in [0.717, 1.165) is 0 Å². The standard InChI is InChI=1S/C11H14IN3O4/c1-19-5-4-13-11(16)7-14-10-3-2-8(15(17)18)6-9(10)12/h2-3,6,14H,4-5,7H2,1H3,(H,13,16). The number of amides is 1. The maximum Gasteiger partial charge on any atom is 0.270 e. The molecule has 0 fully saturated rings. The molecular weight excluding hydrogens is 365 g/mol. The number of anilines is 1.